The highest BCUT2D eigenvalue weighted by molar-refractivity contribution is 4.93. The SMILES string of the molecule is CCCCC/C=C\C/C=C\CCCCCCCCOCC(OCCCCCCCC/C=C\C/C=C\CCCCC)C(O)N(C)C(C)(O)O. The predicted molar refractivity (Wildman–Crippen MR) is 206 cm³/mol. The maximum atomic E-state index is 10.8. The largest absolute Gasteiger partial charge is 0.379 e. The Kier molecular flexibility index (Phi) is 34.6. The van der Waals surface area contributed by atoms with Crippen molar-refractivity contribution in [3.8, 4) is 0 Å². The van der Waals surface area contributed by atoms with E-state index in [1.165, 1.54) is 123 Å². The van der Waals surface area contributed by atoms with Crippen molar-refractivity contribution in [1.82, 2.24) is 4.90 Å². The summed E-state index contributed by atoms with van der Waals surface area (Å²) in [6.45, 7) is 7.09. The summed E-state index contributed by atoms with van der Waals surface area (Å²) in [5.41, 5.74) is 0. The molecule has 2 unspecified atom stereocenters. The van der Waals surface area contributed by atoms with E-state index in [1.807, 2.05) is 0 Å². The number of hydrogen-bond donors (Lipinski definition) is 3. The molecule has 0 bridgehead atoms. The Morgan fingerprint density at radius 2 is 0.917 bits per heavy atom. The van der Waals surface area contributed by atoms with Gasteiger partial charge >= 0.3 is 0 Å². The summed E-state index contributed by atoms with van der Waals surface area (Å²) in [4.78, 5) is 1.11. The second kappa shape index (κ2) is 35.5. The van der Waals surface area contributed by atoms with Crippen molar-refractivity contribution in [2.24, 2.45) is 0 Å². The van der Waals surface area contributed by atoms with Crippen LogP contribution in [0.2, 0.25) is 0 Å². The molecule has 6 nitrogen and oxygen atoms in total. The Bertz CT molecular complexity index is 772. The summed E-state index contributed by atoms with van der Waals surface area (Å²) < 4.78 is 11.9. The first kappa shape index (κ1) is 46.7. The molecule has 0 aliphatic heterocycles. The van der Waals surface area contributed by atoms with Crippen molar-refractivity contribution >= 4 is 0 Å². The van der Waals surface area contributed by atoms with Crippen LogP contribution in [0, 0.1) is 0 Å². The maximum absolute atomic E-state index is 10.8. The van der Waals surface area contributed by atoms with Crippen molar-refractivity contribution in [2.45, 2.75) is 193 Å². The molecule has 3 N–H and O–H groups in total. The molecule has 0 rings (SSSR count). The number of nitrogens with zero attached hydrogens (tertiary/aromatic N) is 1. The topological polar surface area (TPSA) is 82.4 Å². The number of ether oxygens (including phenoxy) is 2. The number of rotatable bonds is 36. The fraction of sp³-hybridized carbons (Fsp3) is 0.810. The van der Waals surface area contributed by atoms with Crippen molar-refractivity contribution in [1.29, 1.82) is 0 Å². The van der Waals surface area contributed by atoms with E-state index in [0.717, 1.165) is 49.8 Å². The molecule has 48 heavy (non-hydrogen) atoms. The third kappa shape index (κ3) is 32.0. The normalized spacial score (nSPS) is 14.2. The second-order valence-corrected chi connectivity index (χ2v) is 13.6. The summed E-state index contributed by atoms with van der Waals surface area (Å²) in [7, 11) is 1.48. The molecule has 0 aliphatic carbocycles. The van der Waals surface area contributed by atoms with Crippen LogP contribution in [-0.4, -0.2) is 65.3 Å². The van der Waals surface area contributed by atoms with Crippen LogP contribution in [-0.2, 0) is 9.47 Å². The van der Waals surface area contributed by atoms with Gasteiger partial charge in [-0.25, -0.2) is 4.90 Å². The lowest BCUT2D eigenvalue weighted by atomic mass is 10.1. The molecular formula is C42H79NO5. The summed E-state index contributed by atoms with van der Waals surface area (Å²) in [5, 5.41) is 30.7. The van der Waals surface area contributed by atoms with E-state index in [0.29, 0.717) is 13.2 Å². The first-order valence-electron chi connectivity index (χ1n) is 20.0. The number of hydrogen-bond acceptors (Lipinski definition) is 6. The second-order valence-electron chi connectivity index (χ2n) is 13.6. The minimum absolute atomic E-state index is 0.226. The van der Waals surface area contributed by atoms with E-state index in [2.05, 4.69) is 62.5 Å². The standard InChI is InChI=1S/C42H79NO5/c1-5-7-9-11-13-15-17-19-21-23-25-27-29-31-33-35-37-47-39-40(41(44)43(4)42(3,45)46)48-38-36-34-32-30-28-26-24-22-20-18-16-14-12-10-8-6-2/h13-16,19-22,40-41,44-46H,5-12,17-18,23-39H2,1-4H3/b15-13-,16-14-,21-19-,22-20-. The smallest absolute Gasteiger partial charge is 0.223 e. The molecule has 0 heterocycles. The van der Waals surface area contributed by atoms with Gasteiger partial charge in [-0.3, -0.25) is 0 Å². The van der Waals surface area contributed by atoms with Crippen LogP contribution in [0.4, 0.5) is 0 Å². The van der Waals surface area contributed by atoms with E-state index >= 15 is 0 Å². The van der Waals surface area contributed by atoms with E-state index < -0.39 is 18.2 Å². The lowest BCUT2D eigenvalue weighted by molar-refractivity contribution is -0.294. The van der Waals surface area contributed by atoms with Gasteiger partial charge in [-0.05, 0) is 84.1 Å². The highest BCUT2D eigenvalue weighted by Crippen LogP contribution is 2.15. The molecule has 0 saturated carbocycles. The van der Waals surface area contributed by atoms with E-state index in [4.69, 9.17) is 9.47 Å². The average Bonchev–Trinajstić information content (AvgIpc) is 3.07. The molecule has 0 aromatic rings. The minimum atomic E-state index is -2.14. The van der Waals surface area contributed by atoms with Gasteiger partial charge in [0.05, 0.1) is 6.61 Å². The maximum Gasteiger partial charge on any atom is 0.223 e. The zero-order valence-electron chi connectivity index (χ0n) is 32.0. The van der Waals surface area contributed by atoms with Crippen LogP contribution in [0.3, 0.4) is 0 Å². The number of aliphatic hydroxyl groups excluding tert-OH is 1. The Morgan fingerprint density at radius 3 is 1.33 bits per heavy atom. The lowest BCUT2D eigenvalue weighted by Gasteiger charge is -2.36. The number of unbranched alkanes of at least 4 members (excludes halogenated alkanes) is 18. The molecule has 0 aromatic heterocycles. The molecule has 0 radical (unpaired) electrons. The fourth-order valence-corrected chi connectivity index (χ4v) is 5.44. The third-order valence-electron chi connectivity index (χ3n) is 8.85. The van der Waals surface area contributed by atoms with Gasteiger partial charge in [0.1, 0.15) is 12.3 Å². The van der Waals surface area contributed by atoms with Crippen molar-refractivity contribution in [3.63, 3.8) is 0 Å². The van der Waals surface area contributed by atoms with Crippen LogP contribution in [0.25, 0.3) is 0 Å². The highest BCUT2D eigenvalue weighted by atomic mass is 16.6. The Labute approximate surface area is 297 Å². The van der Waals surface area contributed by atoms with Gasteiger partial charge in [-0.15, -0.1) is 0 Å². The van der Waals surface area contributed by atoms with Crippen molar-refractivity contribution < 1.29 is 24.8 Å². The number of allylic oxidation sites excluding steroid dienone is 8. The van der Waals surface area contributed by atoms with Crippen LogP contribution in [0.5, 0.6) is 0 Å². The number of aliphatic hydroxyl groups is 3. The summed E-state index contributed by atoms with van der Waals surface area (Å²) in [6.07, 6.45) is 45.3. The number of likely N-dealkylation sites (N-methyl/N-ethyl adjacent to an activating group) is 1. The Morgan fingerprint density at radius 1 is 0.542 bits per heavy atom. The van der Waals surface area contributed by atoms with Crippen LogP contribution >= 0.6 is 0 Å². The molecule has 6 heteroatoms. The van der Waals surface area contributed by atoms with Gasteiger partial charge in [0.25, 0.3) is 0 Å². The van der Waals surface area contributed by atoms with Gasteiger partial charge in [-0.2, -0.15) is 0 Å². The highest BCUT2D eigenvalue weighted by Gasteiger charge is 2.33. The predicted octanol–water partition coefficient (Wildman–Crippen LogP) is 10.9. The van der Waals surface area contributed by atoms with Gasteiger partial charge in [0.15, 0.2) is 0 Å². The molecule has 0 fully saturated rings. The van der Waals surface area contributed by atoms with Gasteiger partial charge < -0.3 is 24.8 Å². The average molecular weight is 678 g/mol. The third-order valence-corrected chi connectivity index (χ3v) is 8.85. The quantitative estimate of drug-likeness (QED) is 0.0348. The van der Waals surface area contributed by atoms with Gasteiger partial charge in [-0.1, -0.05) is 140 Å². The Balaban J connectivity index is 3.99. The monoisotopic (exact) mass is 678 g/mol. The summed E-state index contributed by atoms with van der Waals surface area (Å²) in [5.74, 6) is -2.14. The van der Waals surface area contributed by atoms with Crippen LogP contribution in [0.15, 0.2) is 48.6 Å². The fourth-order valence-electron chi connectivity index (χ4n) is 5.44. The molecule has 0 amide bonds. The molecule has 0 aromatic carbocycles. The molecule has 0 spiro atoms. The lowest BCUT2D eigenvalue weighted by Crippen LogP contribution is -2.55. The molecule has 282 valence electrons. The van der Waals surface area contributed by atoms with E-state index in [-0.39, 0.29) is 6.61 Å². The van der Waals surface area contributed by atoms with Gasteiger partial charge in [0.2, 0.25) is 5.91 Å². The Hall–Kier alpha value is -1.28. The molecule has 0 aliphatic rings. The summed E-state index contributed by atoms with van der Waals surface area (Å²) in [6, 6.07) is 0. The summed E-state index contributed by atoms with van der Waals surface area (Å²) >= 11 is 0. The zero-order chi connectivity index (χ0) is 35.4. The first-order chi connectivity index (χ1) is 23.3. The molecule has 2 atom stereocenters. The molecule has 0 saturated heterocycles. The van der Waals surface area contributed by atoms with E-state index in [9.17, 15) is 15.3 Å². The molecular weight excluding hydrogens is 598 g/mol. The van der Waals surface area contributed by atoms with Crippen molar-refractivity contribution in [2.75, 3.05) is 26.9 Å². The van der Waals surface area contributed by atoms with Gasteiger partial charge in [0, 0.05) is 20.1 Å². The first-order valence-corrected chi connectivity index (χ1v) is 20.0. The zero-order valence-corrected chi connectivity index (χ0v) is 32.0. The van der Waals surface area contributed by atoms with Crippen LogP contribution in [0.1, 0.15) is 175 Å². The van der Waals surface area contributed by atoms with Crippen LogP contribution < -0.4 is 0 Å². The van der Waals surface area contributed by atoms with Crippen molar-refractivity contribution in [3.05, 3.63) is 48.6 Å². The minimum Gasteiger partial charge on any atom is -0.379 e. The van der Waals surface area contributed by atoms with E-state index in [1.54, 1.807) is 0 Å².